The minimum absolute atomic E-state index is 0.0798. The van der Waals surface area contributed by atoms with E-state index in [0.717, 1.165) is 0 Å². The number of halogens is 2. The molecule has 2 aromatic heterocycles. The molecule has 0 aliphatic heterocycles. The van der Waals surface area contributed by atoms with E-state index in [1.807, 2.05) is 0 Å². The van der Waals surface area contributed by atoms with E-state index < -0.39 is 41.4 Å². The van der Waals surface area contributed by atoms with Crippen molar-refractivity contribution >= 4 is 11.9 Å². The van der Waals surface area contributed by atoms with Gasteiger partial charge in [-0.25, -0.2) is 13.8 Å². The highest BCUT2D eigenvalue weighted by molar-refractivity contribution is 5.96. The van der Waals surface area contributed by atoms with E-state index in [2.05, 4.69) is 20.4 Å². The topological polar surface area (TPSA) is 116 Å². The van der Waals surface area contributed by atoms with Crippen LogP contribution >= 0.6 is 0 Å². The van der Waals surface area contributed by atoms with Gasteiger partial charge in [0.1, 0.15) is 17.7 Å². The number of rotatable bonds is 9. The van der Waals surface area contributed by atoms with Crippen LogP contribution in [0.3, 0.4) is 0 Å². The molecule has 0 bridgehead atoms. The van der Waals surface area contributed by atoms with Crippen LogP contribution in [0, 0.1) is 17.6 Å². The number of pyridine rings is 1. The number of benzene rings is 2. The average Bonchev–Trinajstić information content (AvgIpc) is 3.41. The third-order valence-corrected chi connectivity index (χ3v) is 5.82. The van der Waals surface area contributed by atoms with Gasteiger partial charge in [-0.1, -0.05) is 43.3 Å². The Kier molecular flexibility index (Phi) is 8.28. The zero-order valence-electron chi connectivity index (χ0n) is 21.6. The summed E-state index contributed by atoms with van der Waals surface area (Å²) in [6, 6.07) is 12.2. The molecule has 39 heavy (non-hydrogen) atoms. The Bertz CT molecular complexity index is 1410. The fraction of sp³-hybridized carbons (Fsp3) is 0.250. The van der Waals surface area contributed by atoms with E-state index in [-0.39, 0.29) is 28.9 Å². The molecule has 0 aliphatic rings. The number of aromatic nitrogens is 3. The molecule has 2 heterocycles. The molecule has 9 nitrogen and oxygen atoms in total. The van der Waals surface area contributed by atoms with Crippen molar-refractivity contribution in [3.8, 4) is 11.5 Å². The van der Waals surface area contributed by atoms with Gasteiger partial charge in [0.2, 0.25) is 11.6 Å². The maximum absolute atomic E-state index is 13.6. The highest BCUT2D eigenvalue weighted by Gasteiger charge is 2.28. The summed E-state index contributed by atoms with van der Waals surface area (Å²) in [6.07, 6.45) is 1.35. The first kappa shape index (κ1) is 27.4. The van der Waals surface area contributed by atoms with Crippen LogP contribution < -0.4 is 14.8 Å². The molecule has 0 spiro atoms. The second-order valence-corrected chi connectivity index (χ2v) is 8.99. The third-order valence-electron chi connectivity index (χ3n) is 5.82. The minimum atomic E-state index is -0.775. The number of methoxy groups -OCH3 is 1. The van der Waals surface area contributed by atoms with E-state index >= 15 is 0 Å². The lowest BCUT2D eigenvalue weighted by Gasteiger charge is -2.15. The van der Waals surface area contributed by atoms with Crippen LogP contribution in [0.25, 0.3) is 0 Å². The standard InChI is InChI=1S/C28H26F2N4O5/c1-15(2)28(36)38-24-21(37-4)13-14-31-23(24)26(35)32-16(3)27-33-25(34-39-27)22(17-5-9-19(29)10-6-17)18-7-11-20(30)12-8-18/h5-16,22H,1-4H3,(H,32,35)/t16-/m0/s1. The van der Waals surface area contributed by atoms with E-state index in [4.69, 9.17) is 14.0 Å². The summed E-state index contributed by atoms with van der Waals surface area (Å²) in [5.41, 5.74) is 1.15. The van der Waals surface area contributed by atoms with Gasteiger partial charge in [0.05, 0.1) is 18.9 Å². The van der Waals surface area contributed by atoms with Gasteiger partial charge in [0.15, 0.2) is 17.3 Å². The lowest BCUT2D eigenvalue weighted by molar-refractivity contribution is -0.137. The second-order valence-electron chi connectivity index (χ2n) is 8.99. The molecular formula is C28H26F2N4O5. The lowest BCUT2D eigenvalue weighted by atomic mass is 9.90. The molecule has 1 N–H and O–H groups in total. The molecule has 0 unspecified atom stereocenters. The molecule has 2 aromatic carbocycles. The number of ether oxygens (including phenoxy) is 2. The number of nitrogens with one attached hydrogen (secondary N) is 1. The summed E-state index contributed by atoms with van der Waals surface area (Å²) in [5.74, 6) is -2.71. The molecule has 4 aromatic rings. The second kappa shape index (κ2) is 11.8. The third kappa shape index (κ3) is 6.25. The molecule has 0 radical (unpaired) electrons. The van der Waals surface area contributed by atoms with Crippen LogP contribution in [0.4, 0.5) is 8.78 Å². The number of hydrogen-bond acceptors (Lipinski definition) is 8. The molecule has 0 saturated heterocycles. The molecule has 1 atom stereocenters. The van der Waals surface area contributed by atoms with Crippen LogP contribution in [0.2, 0.25) is 0 Å². The zero-order chi connectivity index (χ0) is 28.1. The number of nitrogens with zero attached hydrogens (tertiary/aromatic N) is 3. The van der Waals surface area contributed by atoms with Crippen molar-refractivity contribution in [3.63, 3.8) is 0 Å². The normalized spacial score (nSPS) is 11.9. The summed E-state index contributed by atoms with van der Waals surface area (Å²) in [5, 5.41) is 6.80. The molecule has 0 aliphatic carbocycles. The van der Waals surface area contributed by atoms with Crippen molar-refractivity contribution in [3.05, 3.63) is 101 Å². The molecule has 202 valence electrons. The predicted molar refractivity (Wildman–Crippen MR) is 135 cm³/mol. The van der Waals surface area contributed by atoms with Crippen molar-refractivity contribution in [1.29, 1.82) is 0 Å². The Hall–Kier alpha value is -4.67. The summed E-state index contributed by atoms with van der Waals surface area (Å²) >= 11 is 0. The maximum atomic E-state index is 13.6. The number of hydrogen-bond donors (Lipinski definition) is 1. The first-order valence-corrected chi connectivity index (χ1v) is 12.1. The van der Waals surface area contributed by atoms with Crippen LogP contribution in [-0.4, -0.2) is 34.1 Å². The first-order valence-electron chi connectivity index (χ1n) is 12.1. The van der Waals surface area contributed by atoms with Crippen molar-refractivity contribution in [2.24, 2.45) is 5.92 Å². The fourth-order valence-corrected chi connectivity index (χ4v) is 3.74. The van der Waals surface area contributed by atoms with E-state index in [1.54, 1.807) is 45.0 Å². The number of carbonyl (C=O) groups is 2. The predicted octanol–water partition coefficient (Wildman–Crippen LogP) is 4.98. The Labute approximate surface area is 223 Å². The van der Waals surface area contributed by atoms with Crippen LogP contribution in [0.15, 0.2) is 65.3 Å². The van der Waals surface area contributed by atoms with Crippen molar-refractivity contribution < 1.29 is 32.4 Å². The Balaban J connectivity index is 1.60. The average molecular weight is 537 g/mol. The van der Waals surface area contributed by atoms with Gasteiger partial charge < -0.3 is 19.3 Å². The van der Waals surface area contributed by atoms with Gasteiger partial charge in [0.25, 0.3) is 5.91 Å². The first-order chi connectivity index (χ1) is 18.7. The number of amides is 1. The molecule has 1 amide bonds. The number of carbonyl (C=O) groups excluding carboxylic acids is 2. The highest BCUT2D eigenvalue weighted by atomic mass is 19.1. The minimum Gasteiger partial charge on any atom is -0.493 e. The summed E-state index contributed by atoms with van der Waals surface area (Å²) in [7, 11) is 1.38. The fourth-order valence-electron chi connectivity index (χ4n) is 3.74. The van der Waals surface area contributed by atoms with Gasteiger partial charge in [-0.15, -0.1) is 0 Å². The van der Waals surface area contributed by atoms with Gasteiger partial charge >= 0.3 is 5.97 Å². The Morgan fingerprint density at radius 3 is 2.05 bits per heavy atom. The maximum Gasteiger partial charge on any atom is 0.313 e. The smallest absolute Gasteiger partial charge is 0.313 e. The zero-order valence-corrected chi connectivity index (χ0v) is 21.6. The molecule has 4 rings (SSSR count). The Morgan fingerprint density at radius 2 is 1.51 bits per heavy atom. The van der Waals surface area contributed by atoms with Crippen molar-refractivity contribution in [2.45, 2.75) is 32.7 Å². The van der Waals surface area contributed by atoms with E-state index in [0.29, 0.717) is 11.1 Å². The SMILES string of the molecule is COc1ccnc(C(=O)N[C@@H](C)c2nc(C(c3ccc(F)cc3)c3ccc(F)cc3)no2)c1OC(=O)C(C)C. The summed E-state index contributed by atoms with van der Waals surface area (Å²) in [4.78, 5) is 33.9. The molecule has 11 heteroatoms. The van der Waals surface area contributed by atoms with Crippen molar-refractivity contribution in [1.82, 2.24) is 20.4 Å². The largest absolute Gasteiger partial charge is 0.493 e. The molecular weight excluding hydrogens is 510 g/mol. The van der Waals surface area contributed by atoms with E-state index in [9.17, 15) is 18.4 Å². The van der Waals surface area contributed by atoms with Gasteiger partial charge in [0, 0.05) is 12.3 Å². The molecule has 0 saturated carbocycles. The van der Waals surface area contributed by atoms with Gasteiger partial charge in [-0.2, -0.15) is 4.98 Å². The highest BCUT2D eigenvalue weighted by Crippen LogP contribution is 2.32. The van der Waals surface area contributed by atoms with Crippen LogP contribution in [-0.2, 0) is 4.79 Å². The Morgan fingerprint density at radius 1 is 0.923 bits per heavy atom. The summed E-state index contributed by atoms with van der Waals surface area (Å²) in [6.45, 7) is 4.94. The van der Waals surface area contributed by atoms with Gasteiger partial charge in [-0.3, -0.25) is 9.59 Å². The number of esters is 1. The van der Waals surface area contributed by atoms with Crippen LogP contribution in [0.1, 0.15) is 66.1 Å². The van der Waals surface area contributed by atoms with E-state index in [1.165, 1.54) is 43.6 Å². The lowest BCUT2D eigenvalue weighted by Crippen LogP contribution is -2.29. The monoisotopic (exact) mass is 536 g/mol. The van der Waals surface area contributed by atoms with Crippen molar-refractivity contribution in [2.75, 3.05) is 7.11 Å². The quantitative estimate of drug-likeness (QED) is 0.298. The van der Waals surface area contributed by atoms with Crippen LogP contribution in [0.5, 0.6) is 11.5 Å². The van der Waals surface area contributed by atoms with Gasteiger partial charge in [-0.05, 0) is 42.3 Å². The molecule has 0 fully saturated rings. The summed E-state index contributed by atoms with van der Waals surface area (Å²) < 4.78 is 43.3.